The van der Waals surface area contributed by atoms with E-state index in [1.165, 1.54) is 0 Å². The van der Waals surface area contributed by atoms with Crippen molar-refractivity contribution in [3.8, 4) is 0 Å². The van der Waals surface area contributed by atoms with E-state index in [1.807, 2.05) is 25.1 Å². The molecule has 0 aliphatic heterocycles. The SMILES string of the molecule is C=C(O)Cc1cc(C)ccc1N. The van der Waals surface area contributed by atoms with E-state index in [2.05, 4.69) is 6.58 Å². The largest absolute Gasteiger partial charge is 0.513 e. The van der Waals surface area contributed by atoms with Gasteiger partial charge in [0.15, 0.2) is 0 Å². The molecule has 2 nitrogen and oxygen atoms in total. The van der Waals surface area contributed by atoms with Gasteiger partial charge >= 0.3 is 0 Å². The van der Waals surface area contributed by atoms with E-state index in [9.17, 15) is 0 Å². The highest BCUT2D eigenvalue weighted by molar-refractivity contribution is 5.49. The first kappa shape index (κ1) is 8.65. The van der Waals surface area contributed by atoms with E-state index < -0.39 is 0 Å². The van der Waals surface area contributed by atoms with Gasteiger partial charge in [0.25, 0.3) is 0 Å². The Morgan fingerprint density at radius 1 is 1.58 bits per heavy atom. The highest BCUT2D eigenvalue weighted by Crippen LogP contribution is 2.15. The summed E-state index contributed by atoms with van der Waals surface area (Å²) in [7, 11) is 0. The topological polar surface area (TPSA) is 46.2 Å². The number of aliphatic hydroxyl groups excluding tert-OH is 1. The molecule has 0 heterocycles. The van der Waals surface area contributed by atoms with Crippen molar-refractivity contribution in [2.45, 2.75) is 13.3 Å². The second-order valence-corrected chi connectivity index (χ2v) is 2.95. The molecule has 0 saturated carbocycles. The van der Waals surface area contributed by atoms with Gasteiger partial charge in [-0.25, -0.2) is 0 Å². The van der Waals surface area contributed by atoms with Crippen LogP contribution in [-0.2, 0) is 6.42 Å². The first-order valence-corrected chi connectivity index (χ1v) is 3.81. The summed E-state index contributed by atoms with van der Waals surface area (Å²) in [5.41, 5.74) is 8.46. The molecule has 0 aliphatic rings. The van der Waals surface area contributed by atoms with Gasteiger partial charge in [0, 0.05) is 12.1 Å². The predicted molar refractivity (Wildman–Crippen MR) is 51.1 cm³/mol. The molecule has 0 bridgehead atoms. The van der Waals surface area contributed by atoms with Gasteiger partial charge in [-0.2, -0.15) is 0 Å². The Labute approximate surface area is 72.3 Å². The van der Waals surface area contributed by atoms with Gasteiger partial charge in [0.2, 0.25) is 0 Å². The number of aliphatic hydroxyl groups is 1. The van der Waals surface area contributed by atoms with Crippen LogP contribution in [-0.4, -0.2) is 5.11 Å². The van der Waals surface area contributed by atoms with E-state index in [1.54, 1.807) is 0 Å². The maximum Gasteiger partial charge on any atom is 0.0895 e. The van der Waals surface area contributed by atoms with Crippen molar-refractivity contribution in [3.63, 3.8) is 0 Å². The molecule has 1 rings (SSSR count). The Hall–Kier alpha value is -1.44. The molecule has 0 spiro atoms. The number of benzene rings is 1. The molecule has 2 heteroatoms. The molecule has 0 fully saturated rings. The molecule has 0 amide bonds. The summed E-state index contributed by atoms with van der Waals surface area (Å²) in [6, 6.07) is 5.74. The molecular weight excluding hydrogens is 150 g/mol. The van der Waals surface area contributed by atoms with Gasteiger partial charge in [-0.05, 0) is 18.6 Å². The summed E-state index contributed by atoms with van der Waals surface area (Å²) in [5.74, 6) is 0.146. The predicted octanol–water partition coefficient (Wildman–Crippen LogP) is 2.19. The maximum atomic E-state index is 8.97. The third-order valence-corrected chi connectivity index (χ3v) is 1.69. The van der Waals surface area contributed by atoms with Gasteiger partial charge in [-0.15, -0.1) is 0 Å². The zero-order chi connectivity index (χ0) is 9.14. The van der Waals surface area contributed by atoms with Crippen molar-refractivity contribution in [1.29, 1.82) is 0 Å². The van der Waals surface area contributed by atoms with E-state index >= 15 is 0 Å². The quantitative estimate of drug-likeness (QED) is 0.518. The zero-order valence-electron chi connectivity index (χ0n) is 7.17. The average molecular weight is 163 g/mol. The smallest absolute Gasteiger partial charge is 0.0895 e. The molecule has 0 aliphatic carbocycles. The van der Waals surface area contributed by atoms with E-state index in [-0.39, 0.29) is 5.76 Å². The molecule has 1 aromatic rings. The van der Waals surface area contributed by atoms with E-state index in [0.29, 0.717) is 12.1 Å². The molecule has 3 N–H and O–H groups in total. The number of anilines is 1. The normalized spacial score (nSPS) is 9.75. The molecule has 0 aromatic heterocycles. The third-order valence-electron chi connectivity index (χ3n) is 1.69. The Bertz CT molecular complexity index is 305. The summed E-state index contributed by atoms with van der Waals surface area (Å²) in [4.78, 5) is 0. The van der Waals surface area contributed by atoms with Crippen molar-refractivity contribution in [2.75, 3.05) is 5.73 Å². The lowest BCUT2D eigenvalue weighted by atomic mass is 10.1. The lowest BCUT2D eigenvalue weighted by molar-refractivity contribution is 0.402. The summed E-state index contributed by atoms with van der Waals surface area (Å²) in [5, 5.41) is 8.97. The van der Waals surface area contributed by atoms with Gasteiger partial charge in [0.1, 0.15) is 0 Å². The Kier molecular flexibility index (Phi) is 2.38. The second kappa shape index (κ2) is 3.30. The Morgan fingerprint density at radius 3 is 2.83 bits per heavy atom. The van der Waals surface area contributed by atoms with Crippen molar-refractivity contribution in [3.05, 3.63) is 41.7 Å². The van der Waals surface area contributed by atoms with Gasteiger partial charge in [-0.1, -0.05) is 24.3 Å². The molecule has 0 saturated heterocycles. The lowest BCUT2D eigenvalue weighted by Crippen LogP contribution is -1.96. The number of nitrogens with two attached hydrogens (primary N) is 1. The minimum Gasteiger partial charge on any atom is -0.513 e. The van der Waals surface area contributed by atoms with Crippen molar-refractivity contribution in [2.24, 2.45) is 0 Å². The fraction of sp³-hybridized carbons (Fsp3) is 0.200. The van der Waals surface area contributed by atoms with Crippen LogP contribution in [0.1, 0.15) is 11.1 Å². The monoisotopic (exact) mass is 163 g/mol. The van der Waals surface area contributed by atoms with Crippen LogP contribution in [0.5, 0.6) is 0 Å². The third kappa shape index (κ3) is 2.02. The number of hydrogen-bond acceptors (Lipinski definition) is 2. The van der Waals surface area contributed by atoms with Gasteiger partial charge < -0.3 is 10.8 Å². The first-order chi connectivity index (χ1) is 5.59. The molecular formula is C10H13NO. The summed E-state index contributed by atoms with van der Waals surface area (Å²) in [6.45, 7) is 5.41. The van der Waals surface area contributed by atoms with Crippen LogP contribution in [0.2, 0.25) is 0 Å². The highest BCUT2D eigenvalue weighted by Gasteiger charge is 2.00. The van der Waals surface area contributed by atoms with Crippen LogP contribution >= 0.6 is 0 Å². The molecule has 1 aromatic carbocycles. The number of rotatable bonds is 2. The number of nitrogen functional groups attached to an aromatic ring is 1. The summed E-state index contributed by atoms with van der Waals surface area (Å²) < 4.78 is 0. The summed E-state index contributed by atoms with van der Waals surface area (Å²) in [6.07, 6.45) is 0.438. The first-order valence-electron chi connectivity index (χ1n) is 3.81. The van der Waals surface area contributed by atoms with Crippen LogP contribution < -0.4 is 5.73 Å². The van der Waals surface area contributed by atoms with Crippen molar-refractivity contribution >= 4 is 5.69 Å². The fourth-order valence-electron chi connectivity index (χ4n) is 1.11. The maximum absolute atomic E-state index is 8.97. The molecule has 12 heavy (non-hydrogen) atoms. The van der Waals surface area contributed by atoms with E-state index in [4.69, 9.17) is 10.8 Å². The number of aryl methyl sites for hydroxylation is 1. The fourth-order valence-corrected chi connectivity index (χ4v) is 1.11. The Balaban J connectivity index is 2.97. The number of hydrogen-bond donors (Lipinski definition) is 2. The number of allylic oxidation sites excluding steroid dienone is 1. The lowest BCUT2D eigenvalue weighted by Gasteiger charge is -2.05. The molecule has 0 atom stereocenters. The van der Waals surface area contributed by atoms with Gasteiger partial charge in [-0.3, -0.25) is 0 Å². The standard InChI is InChI=1S/C10H13NO/c1-7-3-4-10(11)9(5-7)6-8(2)12/h3-5,12H,2,6,11H2,1H3. The van der Waals surface area contributed by atoms with Crippen LogP contribution in [0.4, 0.5) is 5.69 Å². The van der Waals surface area contributed by atoms with Crippen LogP contribution in [0.3, 0.4) is 0 Å². The van der Waals surface area contributed by atoms with Crippen molar-refractivity contribution < 1.29 is 5.11 Å². The minimum atomic E-state index is 0.146. The summed E-state index contributed by atoms with van der Waals surface area (Å²) >= 11 is 0. The second-order valence-electron chi connectivity index (χ2n) is 2.95. The van der Waals surface area contributed by atoms with Crippen LogP contribution in [0.15, 0.2) is 30.5 Å². The van der Waals surface area contributed by atoms with E-state index in [0.717, 1.165) is 11.1 Å². The van der Waals surface area contributed by atoms with Crippen molar-refractivity contribution in [1.82, 2.24) is 0 Å². The molecule has 0 unspecified atom stereocenters. The minimum absolute atomic E-state index is 0.146. The average Bonchev–Trinajstić information content (AvgIpc) is 1.96. The Morgan fingerprint density at radius 2 is 2.25 bits per heavy atom. The molecule has 0 radical (unpaired) electrons. The van der Waals surface area contributed by atoms with Crippen LogP contribution in [0.25, 0.3) is 0 Å². The zero-order valence-corrected chi connectivity index (χ0v) is 7.17. The van der Waals surface area contributed by atoms with Crippen LogP contribution in [0, 0.1) is 6.92 Å². The molecule has 64 valence electrons. The van der Waals surface area contributed by atoms with Gasteiger partial charge in [0.05, 0.1) is 5.76 Å². The highest BCUT2D eigenvalue weighted by atomic mass is 16.3.